The molecule has 1 N–H and O–H groups in total. The molecule has 1 aliphatic carbocycles. The molecule has 5 nitrogen and oxygen atoms in total. The Morgan fingerprint density at radius 2 is 2.04 bits per heavy atom. The average Bonchev–Trinajstić information content (AvgIpc) is 2.55. The number of hydrogen-bond acceptors (Lipinski definition) is 4. The number of rotatable bonds is 4. The summed E-state index contributed by atoms with van der Waals surface area (Å²) in [5, 5.41) is 10.2. The van der Waals surface area contributed by atoms with E-state index in [1.807, 2.05) is 11.8 Å². The Balaban J connectivity index is 1.48. The number of amides is 1. The Morgan fingerprint density at radius 3 is 2.65 bits per heavy atom. The van der Waals surface area contributed by atoms with Gasteiger partial charge in [0.2, 0.25) is 5.91 Å². The molecule has 1 spiro atoms. The van der Waals surface area contributed by atoms with E-state index in [9.17, 15) is 9.90 Å². The van der Waals surface area contributed by atoms with Gasteiger partial charge in [0.1, 0.15) is 0 Å². The molecule has 2 heterocycles. The van der Waals surface area contributed by atoms with E-state index in [1.165, 1.54) is 6.42 Å². The van der Waals surface area contributed by atoms with Gasteiger partial charge in [-0.15, -0.1) is 0 Å². The number of aliphatic hydroxyl groups is 1. The van der Waals surface area contributed by atoms with Gasteiger partial charge in [0.25, 0.3) is 0 Å². The molecule has 0 aromatic carbocycles. The normalized spacial score (nSPS) is 34.4. The number of likely N-dealkylation sites (tertiary alicyclic amines) is 2. The van der Waals surface area contributed by atoms with Crippen LogP contribution in [0.25, 0.3) is 0 Å². The standard InChI is InChI=1S/C18H32N2O3/c1-3-23-16-11-15(21)18(16)6-9-19(10-7-18)13-17(22)20-8-4-5-14(2)12-20/h14-16,21H,3-13H2,1-2H3. The Morgan fingerprint density at radius 1 is 1.30 bits per heavy atom. The topological polar surface area (TPSA) is 53.0 Å². The Labute approximate surface area is 140 Å². The van der Waals surface area contributed by atoms with Crippen molar-refractivity contribution in [3.8, 4) is 0 Å². The minimum Gasteiger partial charge on any atom is -0.392 e. The molecule has 0 radical (unpaired) electrons. The molecule has 1 saturated carbocycles. The fraction of sp³-hybridized carbons (Fsp3) is 0.944. The van der Waals surface area contributed by atoms with Crippen LogP contribution in [0.5, 0.6) is 0 Å². The maximum Gasteiger partial charge on any atom is 0.236 e. The van der Waals surface area contributed by atoms with Crippen molar-refractivity contribution in [1.29, 1.82) is 0 Å². The van der Waals surface area contributed by atoms with Crippen molar-refractivity contribution >= 4 is 5.91 Å². The van der Waals surface area contributed by atoms with Gasteiger partial charge in [-0.3, -0.25) is 9.69 Å². The van der Waals surface area contributed by atoms with Crippen molar-refractivity contribution in [3.63, 3.8) is 0 Å². The zero-order chi connectivity index (χ0) is 16.4. The predicted molar refractivity (Wildman–Crippen MR) is 89.1 cm³/mol. The molecule has 3 aliphatic rings. The summed E-state index contributed by atoms with van der Waals surface area (Å²) in [5.41, 5.74) is -0.0464. The largest absolute Gasteiger partial charge is 0.392 e. The summed E-state index contributed by atoms with van der Waals surface area (Å²) in [6, 6.07) is 0. The summed E-state index contributed by atoms with van der Waals surface area (Å²) >= 11 is 0. The summed E-state index contributed by atoms with van der Waals surface area (Å²) in [6.45, 7) is 9.15. The second-order valence-corrected chi connectivity index (χ2v) is 7.79. The number of carbonyl (C=O) groups is 1. The lowest BCUT2D eigenvalue weighted by Gasteiger charge is -2.56. The first kappa shape index (κ1) is 17.2. The van der Waals surface area contributed by atoms with Crippen LogP contribution in [-0.4, -0.2) is 72.4 Å². The third-order valence-electron chi connectivity index (χ3n) is 6.27. The van der Waals surface area contributed by atoms with Gasteiger partial charge in [0.15, 0.2) is 0 Å². The van der Waals surface area contributed by atoms with E-state index in [0.29, 0.717) is 19.1 Å². The maximum atomic E-state index is 12.5. The maximum absolute atomic E-state index is 12.5. The lowest BCUT2D eigenvalue weighted by atomic mass is 9.58. The average molecular weight is 324 g/mol. The number of nitrogens with zero attached hydrogens (tertiary/aromatic N) is 2. The molecule has 5 heteroatoms. The molecule has 3 unspecified atom stereocenters. The summed E-state index contributed by atoms with van der Waals surface area (Å²) in [4.78, 5) is 16.8. The first-order chi connectivity index (χ1) is 11.0. The Kier molecular flexibility index (Phi) is 5.29. The Hall–Kier alpha value is -0.650. The minimum atomic E-state index is -0.222. The highest BCUT2D eigenvalue weighted by Gasteiger charge is 2.56. The van der Waals surface area contributed by atoms with E-state index in [2.05, 4.69) is 11.8 Å². The van der Waals surface area contributed by atoms with Crippen LogP contribution >= 0.6 is 0 Å². The number of aliphatic hydroxyl groups excluding tert-OH is 1. The summed E-state index contributed by atoms with van der Waals surface area (Å²) in [6.07, 6.45) is 5.04. The molecule has 3 rings (SSSR count). The fourth-order valence-corrected chi connectivity index (χ4v) is 4.65. The van der Waals surface area contributed by atoms with Gasteiger partial charge in [-0.1, -0.05) is 6.92 Å². The molecule has 0 aromatic rings. The lowest BCUT2D eigenvalue weighted by Crippen LogP contribution is -2.62. The molecule has 1 amide bonds. The fourth-order valence-electron chi connectivity index (χ4n) is 4.65. The van der Waals surface area contributed by atoms with Crippen LogP contribution in [0, 0.1) is 11.3 Å². The van der Waals surface area contributed by atoms with E-state index in [0.717, 1.165) is 51.9 Å². The van der Waals surface area contributed by atoms with Crippen LogP contribution in [0.1, 0.15) is 46.0 Å². The van der Waals surface area contributed by atoms with E-state index in [4.69, 9.17) is 4.74 Å². The van der Waals surface area contributed by atoms with Gasteiger partial charge in [-0.05, 0) is 51.6 Å². The van der Waals surface area contributed by atoms with Crippen molar-refractivity contribution in [3.05, 3.63) is 0 Å². The molecule has 132 valence electrons. The van der Waals surface area contributed by atoms with Crippen LogP contribution in [0.4, 0.5) is 0 Å². The van der Waals surface area contributed by atoms with Gasteiger partial charge in [-0.2, -0.15) is 0 Å². The predicted octanol–water partition coefficient (Wildman–Crippen LogP) is 1.50. The molecular formula is C18H32N2O3. The molecule has 2 saturated heterocycles. The van der Waals surface area contributed by atoms with Gasteiger partial charge in [-0.25, -0.2) is 0 Å². The first-order valence-electron chi connectivity index (χ1n) is 9.35. The van der Waals surface area contributed by atoms with Crippen molar-refractivity contribution in [2.45, 2.75) is 58.2 Å². The highest BCUT2D eigenvalue weighted by Crippen LogP contribution is 2.50. The van der Waals surface area contributed by atoms with Crippen molar-refractivity contribution in [1.82, 2.24) is 9.80 Å². The third-order valence-corrected chi connectivity index (χ3v) is 6.27. The van der Waals surface area contributed by atoms with Gasteiger partial charge in [0.05, 0.1) is 18.8 Å². The van der Waals surface area contributed by atoms with Gasteiger partial charge < -0.3 is 14.7 Å². The van der Waals surface area contributed by atoms with Crippen LogP contribution in [0.15, 0.2) is 0 Å². The highest BCUT2D eigenvalue weighted by atomic mass is 16.5. The second-order valence-electron chi connectivity index (χ2n) is 7.79. The highest BCUT2D eigenvalue weighted by molar-refractivity contribution is 5.78. The second kappa shape index (κ2) is 7.08. The smallest absolute Gasteiger partial charge is 0.236 e. The first-order valence-corrected chi connectivity index (χ1v) is 9.35. The third kappa shape index (κ3) is 3.42. The van der Waals surface area contributed by atoms with Gasteiger partial charge in [0, 0.05) is 31.5 Å². The van der Waals surface area contributed by atoms with Crippen molar-refractivity contribution < 1.29 is 14.6 Å². The number of hydrogen-bond donors (Lipinski definition) is 1. The molecule has 23 heavy (non-hydrogen) atoms. The zero-order valence-corrected chi connectivity index (χ0v) is 14.7. The van der Waals surface area contributed by atoms with E-state index in [1.54, 1.807) is 0 Å². The zero-order valence-electron chi connectivity index (χ0n) is 14.7. The lowest BCUT2D eigenvalue weighted by molar-refractivity contribution is -0.209. The molecule has 2 aliphatic heterocycles. The molecule has 0 bridgehead atoms. The Bertz CT molecular complexity index is 418. The number of ether oxygens (including phenoxy) is 1. The van der Waals surface area contributed by atoms with Crippen LogP contribution < -0.4 is 0 Å². The van der Waals surface area contributed by atoms with Crippen LogP contribution in [-0.2, 0) is 9.53 Å². The SMILES string of the molecule is CCOC1CC(O)C12CCN(CC(=O)N1CCCC(C)C1)CC2. The number of piperidine rings is 2. The van der Waals surface area contributed by atoms with Gasteiger partial charge >= 0.3 is 0 Å². The van der Waals surface area contributed by atoms with Crippen molar-refractivity contribution in [2.75, 3.05) is 39.3 Å². The van der Waals surface area contributed by atoms with Crippen LogP contribution in [0.3, 0.4) is 0 Å². The van der Waals surface area contributed by atoms with Crippen molar-refractivity contribution in [2.24, 2.45) is 11.3 Å². The molecule has 3 atom stereocenters. The van der Waals surface area contributed by atoms with E-state index in [-0.39, 0.29) is 23.5 Å². The minimum absolute atomic E-state index is 0.0464. The quantitative estimate of drug-likeness (QED) is 0.851. The van der Waals surface area contributed by atoms with E-state index < -0.39 is 0 Å². The summed E-state index contributed by atoms with van der Waals surface area (Å²) in [7, 11) is 0. The van der Waals surface area contributed by atoms with Crippen LogP contribution in [0.2, 0.25) is 0 Å². The summed E-state index contributed by atoms with van der Waals surface area (Å²) < 4.78 is 5.81. The molecular weight excluding hydrogens is 292 g/mol. The molecule has 3 fully saturated rings. The summed E-state index contributed by atoms with van der Waals surface area (Å²) in [5.74, 6) is 0.914. The monoisotopic (exact) mass is 324 g/mol. The number of carbonyl (C=O) groups excluding carboxylic acids is 1. The molecule has 0 aromatic heterocycles. The van der Waals surface area contributed by atoms with E-state index >= 15 is 0 Å².